The van der Waals surface area contributed by atoms with Gasteiger partial charge in [0.25, 0.3) is 5.91 Å². The van der Waals surface area contributed by atoms with E-state index >= 15 is 0 Å². The number of halogens is 2. The lowest BCUT2D eigenvalue weighted by Gasteiger charge is -2.10. The van der Waals surface area contributed by atoms with Crippen molar-refractivity contribution in [2.24, 2.45) is 0 Å². The molecule has 0 aliphatic rings. The summed E-state index contributed by atoms with van der Waals surface area (Å²) in [5.41, 5.74) is 1.91. The highest BCUT2D eigenvalue weighted by molar-refractivity contribution is 6.30. The zero-order valence-electron chi connectivity index (χ0n) is 15.1. The van der Waals surface area contributed by atoms with Crippen LogP contribution in [0.3, 0.4) is 0 Å². The Morgan fingerprint density at radius 1 is 1.18 bits per heavy atom. The Labute approximate surface area is 165 Å². The smallest absolute Gasteiger partial charge is 0.337 e. The van der Waals surface area contributed by atoms with E-state index in [0.29, 0.717) is 11.3 Å². The average Bonchev–Trinajstić information content (AvgIpc) is 2.68. The standard InChI is InChI=1S/C20H17ClFNO5/c1-12-3-6-14(20(26)27-2)10-17(12)23-18(24)11-28-19(25)8-5-13-4-7-16(22)15(21)9-13/h3-10H,11H2,1-2H3,(H,23,24)/b8-5+. The fourth-order valence-corrected chi connectivity index (χ4v) is 2.34. The normalized spacial score (nSPS) is 10.6. The first-order chi connectivity index (χ1) is 13.3. The molecule has 0 aliphatic carbocycles. The Balaban J connectivity index is 1.91. The van der Waals surface area contributed by atoms with E-state index in [2.05, 4.69) is 10.1 Å². The fraction of sp³-hybridized carbons (Fsp3) is 0.150. The molecule has 2 aromatic rings. The first-order valence-electron chi connectivity index (χ1n) is 8.09. The Morgan fingerprint density at radius 3 is 2.61 bits per heavy atom. The second kappa shape index (κ2) is 9.66. The second-order valence-electron chi connectivity index (χ2n) is 5.68. The highest BCUT2D eigenvalue weighted by Crippen LogP contribution is 2.18. The van der Waals surface area contributed by atoms with Crippen molar-refractivity contribution in [2.75, 3.05) is 19.0 Å². The van der Waals surface area contributed by atoms with Crippen molar-refractivity contribution in [1.29, 1.82) is 0 Å². The second-order valence-corrected chi connectivity index (χ2v) is 6.09. The highest BCUT2D eigenvalue weighted by atomic mass is 35.5. The molecule has 1 N–H and O–H groups in total. The zero-order valence-corrected chi connectivity index (χ0v) is 15.9. The molecule has 0 spiro atoms. The lowest BCUT2D eigenvalue weighted by Crippen LogP contribution is -2.21. The van der Waals surface area contributed by atoms with Crippen molar-refractivity contribution in [1.82, 2.24) is 0 Å². The van der Waals surface area contributed by atoms with Gasteiger partial charge in [0, 0.05) is 11.8 Å². The fourth-order valence-electron chi connectivity index (χ4n) is 2.15. The van der Waals surface area contributed by atoms with E-state index in [-0.39, 0.29) is 10.6 Å². The summed E-state index contributed by atoms with van der Waals surface area (Å²) in [7, 11) is 1.26. The predicted octanol–water partition coefficient (Wildman–Crippen LogP) is 3.77. The van der Waals surface area contributed by atoms with Crippen LogP contribution in [-0.4, -0.2) is 31.6 Å². The highest BCUT2D eigenvalue weighted by Gasteiger charge is 2.11. The molecule has 28 heavy (non-hydrogen) atoms. The van der Waals surface area contributed by atoms with E-state index in [9.17, 15) is 18.8 Å². The van der Waals surface area contributed by atoms with Gasteiger partial charge in [-0.2, -0.15) is 0 Å². The number of carbonyl (C=O) groups excluding carboxylic acids is 3. The maximum absolute atomic E-state index is 13.1. The Hall–Kier alpha value is -3.19. The molecular formula is C20H17ClFNO5. The molecule has 0 unspecified atom stereocenters. The van der Waals surface area contributed by atoms with Crippen molar-refractivity contribution in [3.05, 3.63) is 70.0 Å². The molecule has 0 heterocycles. The van der Waals surface area contributed by atoms with Gasteiger partial charge in [-0.15, -0.1) is 0 Å². The van der Waals surface area contributed by atoms with Gasteiger partial charge in [-0.1, -0.05) is 23.7 Å². The minimum Gasteiger partial charge on any atom is -0.465 e. The van der Waals surface area contributed by atoms with E-state index < -0.39 is 30.3 Å². The summed E-state index contributed by atoms with van der Waals surface area (Å²) in [6.07, 6.45) is 2.48. The van der Waals surface area contributed by atoms with Gasteiger partial charge in [-0.3, -0.25) is 4.79 Å². The lowest BCUT2D eigenvalue weighted by atomic mass is 10.1. The van der Waals surface area contributed by atoms with E-state index in [4.69, 9.17) is 16.3 Å². The summed E-state index contributed by atoms with van der Waals surface area (Å²) in [5, 5.41) is 2.50. The van der Waals surface area contributed by atoms with Crippen LogP contribution in [0.2, 0.25) is 5.02 Å². The van der Waals surface area contributed by atoms with Gasteiger partial charge in [-0.05, 0) is 48.4 Å². The quantitative estimate of drug-likeness (QED) is 0.584. The van der Waals surface area contributed by atoms with Crippen LogP contribution < -0.4 is 5.32 Å². The maximum atomic E-state index is 13.1. The third kappa shape index (κ3) is 5.92. The molecular weight excluding hydrogens is 389 g/mol. The summed E-state index contributed by atoms with van der Waals surface area (Å²) in [5.74, 6) is -2.43. The molecule has 1 amide bonds. The van der Waals surface area contributed by atoms with Gasteiger partial charge in [0.05, 0.1) is 17.7 Å². The number of hydrogen-bond acceptors (Lipinski definition) is 5. The molecule has 2 aromatic carbocycles. The van der Waals surface area contributed by atoms with Crippen molar-refractivity contribution in [3.63, 3.8) is 0 Å². The van der Waals surface area contributed by atoms with E-state index in [0.717, 1.165) is 11.6 Å². The van der Waals surface area contributed by atoms with Crippen LogP contribution in [-0.2, 0) is 19.1 Å². The first kappa shape index (κ1) is 21.1. The molecule has 8 heteroatoms. The summed E-state index contributed by atoms with van der Waals surface area (Å²) in [6, 6.07) is 8.66. The number of carbonyl (C=O) groups is 3. The van der Waals surface area contributed by atoms with E-state index in [1.54, 1.807) is 19.1 Å². The van der Waals surface area contributed by atoms with Crippen LogP contribution >= 0.6 is 11.6 Å². The molecule has 0 saturated carbocycles. The SMILES string of the molecule is COC(=O)c1ccc(C)c(NC(=O)COC(=O)/C=C/c2ccc(F)c(Cl)c2)c1. The van der Waals surface area contributed by atoms with Crippen LogP contribution in [0.15, 0.2) is 42.5 Å². The topological polar surface area (TPSA) is 81.7 Å². The average molecular weight is 406 g/mol. The monoisotopic (exact) mass is 405 g/mol. The van der Waals surface area contributed by atoms with Gasteiger partial charge in [-0.25, -0.2) is 14.0 Å². The molecule has 0 aliphatic heterocycles. The van der Waals surface area contributed by atoms with Crippen LogP contribution in [0.4, 0.5) is 10.1 Å². The molecule has 0 saturated heterocycles. The van der Waals surface area contributed by atoms with Crippen molar-refractivity contribution < 1.29 is 28.2 Å². The summed E-state index contributed by atoms with van der Waals surface area (Å²) in [4.78, 5) is 35.3. The number of benzene rings is 2. The molecule has 0 radical (unpaired) electrons. The number of methoxy groups -OCH3 is 1. The summed E-state index contributed by atoms with van der Waals surface area (Å²) >= 11 is 5.65. The molecule has 2 rings (SSSR count). The van der Waals surface area contributed by atoms with Crippen LogP contribution in [0.25, 0.3) is 6.08 Å². The largest absolute Gasteiger partial charge is 0.465 e. The number of anilines is 1. The van der Waals surface area contributed by atoms with Gasteiger partial charge < -0.3 is 14.8 Å². The Kier molecular flexibility index (Phi) is 7.28. The summed E-state index contributed by atoms with van der Waals surface area (Å²) < 4.78 is 22.6. The van der Waals surface area contributed by atoms with Crippen molar-refractivity contribution in [2.45, 2.75) is 6.92 Å². The molecule has 0 aromatic heterocycles. The molecule has 0 bridgehead atoms. The molecule has 0 atom stereocenters. The van der Waals surface area contributed by atoms with Crippen LogP contribution in [0.5, 0.6) is 0 Å². The number of aryl methyl sites for hydroxylation is 1. The minimum atomic E-state index is -0.754. The van der Waals surface area contributed by atoms with Gasteiger partial charge in [0.2, 0.25) is 0 Å². The zero-order chi connectivity index (χ0) is 20.7. The predicted molar refractivity (Wildman–Crippen MR) is 103 cm³/mol. The molecule has 0 fully saturated rings. The maximum Gasteiger partial charge on any atom is 0.337 e. The number of nitrogens with one attached hydrogen (secondary N) is 1. The van der Waals surface area contributed by atoms with Gasteiger partial charge in [0.1, 0.15) is 5.82 Å². The molecule has 6 nitrogen and oxygen atoms in total. The lowest BCUT2D eigenvalue weighted by molar-refractivity contribution is -0.142. The number of amides is 1. The van der Waals surface area contributed by atoms with Crippen molar-refractivity contribution >= 4 is 41.2 Å². The number of esters is 2. The third-order valence-corrected chi connectivity index (χ3v) is 3.92. The number of ether oxygens (including phenoxy) is 2. The number of rotatable bonds is 6. The Bertz CT molecular complexity index is 942. The van der Waals surface area contributed by atoms with Gasteiger partial charge in [0.15, 0.2) is 6.61 Å². The van der Waals surface area contributed by atoms with E-state index in [1.807, 2.05) is 0 Å². The number of hydrogen-bond donors (Lipinski definition) is 1. The summed E-state index contributed by atoms with van der Waals surface area (Å²) in [6.45, 7) is 1.23. The van der Waals surface area contributed by atoms with Crippen LogP contribution in [0.1, 0.15) is 21.5 Å². The first-order valence-corrected chi connectivity index (χ1v) is 8.46. The molecule has 146 valence electrons. The van der Waals surface area contributed by atoms with Gasteiger partial charge >= 0.3 is 11.9 Å². The minimum absolute atomic E-state index is 0.0700. The van der Waals surface area contributed by atoms with E-state index in [1.165, 1.54) is 37.5 Å². The van der Waals surface area contributed by atoms with Crippen LogP contribution in [0, 0.1) is 12.7 Å². The Morgan fingerprint density at radius 2 is 1.93 bits per heavy atom. The third-order valence-electron chi connectivity index (χ3n) is 3.63. The van der Waals surface area contributed by atoms with Crippen molar-refractivity contribution in [3.8, 4) is 0 Å².